The highest BCUT2D eigenvalue weighted by atomic mass is 35.5. The molecule has 4 nitrogen and oxygen atoms in total. The van der Waals surface area contributed by atoms with Crippen molar-refractivity contribution in [3.8, 4) is 11.1 Å². The molecule has 4 rings (SSSR count). The molecule has 3 amide bonds. The summed E-state index contributed by atoms with van der Waals surface area (Å²) < 4.78 is 0. The Labute approximate surface area is 161 Å². The molecular formula is C22H15ClN2O2. The van der Waals surface area contributed by atoms with Crippen LogP contribution in [0.5, 0.6) is 0 Å². The highest BCUT2D eigenvalue weighted by molar-refractivity contribution is 6.32. The van der Waals surface area contributed by atoms with Crippen LogP contribution >= 0.6 is 11.6 Å². The van der Waals surface area contributed by atoms with E-state index in [2.05, 4.69) is 5.32 Å². The molecule has 1 N–H and O–H groups in total. The summed E-state index contributed by atoms with van der Waals surface area (Å²) in [7, 11) is 0. The van der Waals surface area contributed by atoms with Gasteiger partial charge in [-0.2, -0.15) is 0 Å². The number of benzene rings is 3. The number of urea groups is 1. The van der Waals surface area contributed by atoms with Crippen LogP contribution in [0, 0.1) is 0 Å². The molecule has 0 aromatic heterocycles. The fraction of sp³-hybridized carbons (Fsp3) is 0. The van der Waals surface area contributed by atoms with Crippen LogP contribution in [0.15, 0.2) is 84.6 Å². The number of carbonyl (C=O) groups is 2. The molecule has 0 aliphatic carbocycles. The van der Waals surface area contributed by atoms with Crippen LogP contribution in [-0.4, -0.2) is 11.9 Å². The first-order chi connectivity index (χ1) is 13.1. The van der Waals surface area contributed by atoms with Gasteiger partial charge in [-0.15, -0.1) is 0 Å². The van der Waals surface area contributed by atoms with Crippen molar-refractivity contribution in [2.45, 2.75) is 0 Å². The fourth-order valence-corrected chi connectivity index (χ4v) is 3.14. The fourth-order valence-electron chi connectivity index (χ4n) is 2.95. The summed E-state index contributed by atoms with van der Waals surface area (Å²) in [5.41, 5.74) is 3.70. The molecule has 0 bridgehead atoms. The average molecular weight is 375 g/mol. The zero-order valence-corrected chi connectivity index (χ0v) is 15.0. The minimum Gasteiger partial charge on any atom is -0.302 e. The van der Waals surface area contributed by atoms with Crippen molar-refractivity contribution in [3.63, 3.8) is 0 Å². The number of hydrogen-bond acceptors (Lipinski definition) is 2. The molecule has 0 saturated carbocycles. The highest BCUT2D eigenvalue weighted by Gasteiger charge is 2.34. The van der Waals surface area contributed by atoms with Gasteiger partial charge >= 0.3 is 6.03 Å². The van der Waals surface area contributed by atoms with Gasteiger partial charge in [0.15, 0.2) is 0 Å². The lowest BCUT2D eigenvalue weighted by atomic mass is 10.0. The lowest BCUT2D eigenvalue weighted by molar-refractivity contribution is -0.113. The largest absolute Gasteiger partial charge is 0.333 e. The second-order valence-electron chi connectivity index (χ2n) is 6.10. The number of nitrogens with one attached hydrogen (secondary N) is 1. The van der Waals surface area contributed by atoms with Crippen molar-refractivity contribution in [1.29, 1.82) is 0 Å². The molecule has 3 aromatic carbocycles. The zero-order chi connectivity index (χ0) is 18.8. The number of nitrogens with zero attached hydrogens (tertiary/aromatic N) is 1. The summed E-state index contributed by atoms with van der Waals surface area (Å²) in [6, 6.07) is 24.0. The highest BCUT2D eigenvalue weighted by Crippen LogP contribution is 2.25. The molecule has 132 valence electrons. The zero-order valence-electron chi connectivity index (χ0n) is 14.2. The van der Waals surface area contributed by atoms with Gasteiger partial charge < -0.3 is 5.32 Å². The van der Waals surface area contributed by atoms with Crippen LogP contribution in [0.25, 0.3) is 17.2 Å². The van der Waals surface area contributed by atoms with E-state index in [0.717, 1.165) is 21.6 Å². The lowest BCUT2D eigenvalue weighted by Crippen LogP contribution is -2.30. The predicted octanol–water partition coefficient (Wildman–Crippen LogP) is 5.10. The summed E-state index contributed by atoms with van der Waals surface area (Å²) in [6.45, 7) is 0. The molecule has 3 aromatic rings. The van der Waals surface area contributed by atoms with Crippen LogP contribution in [-0.2, 0) is 4.79 Å². The normalized spacial score (nSPS) is 15.3. The van der Waals surface area contributed by atoms with Gasteiger partial charge in [-0.3, -0.25) is 4.79 Å². The van der Waals surface area contributed by atoms with Crippen molar-refractivity contribution in [2.24, 2.45) is 0 Å². The van der Waals surface area contributed by atoms with Crippen LogP contribution in [0.1, 0.15) is 5.56 Å². The molecule has 0 radical (unpaired) electrons. The number of amides is 3. The number of halogens is 1. The summed E-state index contributed by atoms with van der Waals surface area (Å²) in [5.74, 6) is -0.408. The number of carbonyl (C=O) groups excluding carboxylic acids is 2. The Hall–Kier alpha value is -3.37. The minimum absolute atomic E-state index is 0.229. The topological polar surface area (TPSA) is 49.4 Å². The number of hydrogen-bond donors (Lipinski definition) is 1. The first-order valence-corrected chi connectivity index (χ1v) is 8.78. The summed E-state index contributed by atoms with van der Waals surface area (Å²) in [5, 5.41) is 3.08. The molecule has 0 atom stereocenters. The van der Waals surface area contributed by atoms with Crippen molar-refractivity contribution in [3.05, 3.63) is 95.1 Å². The maximum atomic E-state index is 12.7. The van der Waals surface area contributed by atoms with Crippen molar-refractivity contribution in [2.75, 3.05) is 4.90 Å². The van der Waals surface area contributed by atoms with Crippen LogP contribution < -0.4 is 10.2 Å². The Morgan fingerprint density at radius 1 is 0.815 bits per heavy atom. The van der Waals surface area contributed by atoms with Gasteiger partial charge in [0.1, 0.15) is 5.70 Å². The monoisotopic (exact) mass is 374 g/mol. The van der Waals surface area contributed by atoms with Gasteiger partial charge in [-0.25, -0.2) is 9.69 Å². The average Bonchev–Trinajstić information content (AvgIpc) is 2.96. The first-order valence-electron chi connectivity index (χ1n) is 8.40. The number of imide groups is 1. The van der Waals surface area contributed by atoms with E-state index in [0.29, 0.717) is 10.7 Å². The van der Waals surface area contributed by atoms with Crippen molar-refractivity contribution in [1.82, 2.24) is 5.32 Å². The molecule has 1 fully saturated rings. The lowest BCUT2D eigenvalue weighted by Gasteiger charge is -2.11. The van der Waals surface area contributed by atoms with E-state index in [9.17, 15) is 9.59 Å². The summed E-state index contributed by atoms with van der Waals surface area (Å²) in [4.78, 5) is 26.0. The van der Waals surface area contributed by atoms with Gasteiger partial charge in [-0.1, -0.05) is 72.3 Å². The Bertz CT molecular complexity index is 1040. The van der Waals surface area contributed by atoms with Gasteiger partial charge in [0, 0.05) is 5.02 Å². The molecule has 1 aliphatic heterocycles. The van der Waals surface area contributed by atoms with Gasteiger partial charge in [0.25, 0.3) is 5.91 Å². The van der Waals surface area contributed by atoms with Gasteiger partial charge in [0.05, 0.1) is 5.69 Å². The van der Waals surface area contributed by atoms with Crippen LogP contribution in [0.3, 0.4) is 0 Å². The van der Waals surface area contributed by atoms with Gasteiger partial charge in [-0.05, 0) is 41.0 Å². The van der Waals surface area contributed by atoms with E-state index in [1.807, 2.05) is 54.6 Å². The van der Waals surface area contributed by atoms with Crippen LogP contribution in [0.4, 0.5) is 10.5 Å². The second kappa shape index (κ2) is 7.09. The molecule has 1 aliphatic rings. The minimum atomic E-state index is -0.491. The summed E-state index contributed by atoms with van der Waals surface area (Å²) in [6.07, 6.45) is 1.67. The Morgan fingerprint density at radius 2 is 1.52 bits per heavy atom. The van der Waals surface area contributed by atoms with Crippen molar-refractivity contribution >= 4 is 35.3 Å². The molecular weight excluding hydrogens is 360 g/mol. The standard InChI is InChI=1S/C22H15ClN2O2/c23-18-7-4-8-19(14-18)25-21(26)20(24-22(25)27)13-15-9-11-17(12-10-15)16-5-2-1-3-6-16/h1-14H,(H,24,27). The Morgan fingerprint density at radius 3 is 2.22 bits per heavy atom. The molecule has 0 unspecified atom stereocenters. The Balaban J connectivity index is 1.59. The van der Waals surface area contributed by atoms with E-state index in [4.69, 9.17) is 11.6 Å². The molecule has 5 heteroatoms. The van der Waals surface area contributed by atoms with Gasteiger partial charge in [0.2, 0.25) is 0 Å². The van der Waals surface area contributed by atoms with E-state index in [1.165, 1.54) is 0 Å². The van der Waals surface area contributed by atoms with E-state index in [1.54, 1.807) is 30.3 Å². The SMILES string of the molecule is O=C1NC(=Cc2ccc(-c3ccccc3)cc2)C(=O)N1c1cccc(Cl)c1. The summed E-state index contributed by atoms with van der Waals surface area (Å²) >= 11 is 5.97. The molecule has 1 heterocycles. The van der Waals surface area contributed by atoms with E-state index < -0.39 is 11.9 Å². The third-order valence-electron chi connectivity index (χ3n) is 4.27. The molecule has 1 saturated heterocycles. The van der Waals surface area contributed by atoms with Crippen molar-refractivity contribution < 1.29 is 9.59 Å². The smallest absolute Gasteiger partial charge is 0.302 e. The predicted molar refractivity (Wildman–Crippen MR) is 107 cm³/mol. The number of rotatable bonds is 3. The van der Waals surface area contributed by atoms with E-state index in [-0.39, 0.29) is 5.70 Å². The molecule has 0 spiro atoms. The maximum absolute atomic E-state index is 12.7. The Kier molecular flexibility index (Phi) is 4.48. The first kappa shape index (κ1) is 17.1. The van der Waals surface area contributed by atoms with Crippen LogP contribution in [0.2, 0.25) is 5.02 Å². The quantitative estimate of drug-likeness (QED) is 0.512. The third kappa shape index (κ3) is 3.48. The third-order valence-corrected chi connectivity index (χ3v) is 4.51. The number of anilines is 1. The second-order valence-corrected chi connectivity index (χ2v) is 6.53. The molecule has 27 heavy (non-hydrogen) atoms. The maximum Gasteiger partial charge on any atom is 0.333 e. The van der Waals surface area contributed by atoms with E-state index >= 15 is 0 Å².